The number of nitrogens with zero attached hydrogens (tertiary/aromatic N) is 2. The van der Waals surface area contributed by atoms with Crippen molar-refractivity contribution in [3.63, 3.8) is 0 Å². The number of amides is 1. The first-order valence-electron chi connectivity index (χ1n) is 8.81. The van der Waals surface area contributed by atoms with E-state index in [9.17, 15) is 9.90 Å². The van der Waals surface area contributed by atoms with E-state index >= 15 is 0 Å². The van der Waals surface area contributed by atoms with Crippen LogP contribution in [0.5, 0.6) is 5.75 Å². The molecule has 0 saturated heterocycles. The third-order valence-electron chi connectivity index (χ3n) is 4.85. The second-order valence-corrected chi connectivity index (χ2v) is 6.59. The van der Waals surface area contributed by atoms with Crippen LogP contribution in [0.3, 0.4) is 0 Å². The number of phenolic OH excluding ortho intramolecular Hbond substituents is 1. The number of nitrogens with two attached hydrogens (primary N) is 1. The highest BCUT2D eigenvalue weighted by Gasteiger charge is 2.32. The molecule has 0 saturated carbocycles. The van der Waals surface area contributed by atoms with Crippen molar-refractivity contribution >= 4 is 16.8 Å². The predicted octanol–water partition coefficient (Wildman–Crippen LogP) is 3.68. The zero-order valence-electron chi connectivity index (χ0n) is 15.0. The smallest absolute Gasteiger partial charge is 0.221 e. The Morgan fingerprint density at radius 3 is 2.69 bits per heavy atom. The number of carbonyl (C=O) groups is 1. The molecule has 0 aliphatic carbocycles. The van der Waals surface area contributed by atoms with Crippen molar-refractivity contribution in [3.8, 4) is 5.75 Å². The van der Waals surface area contributed by atoms with Crippen LogP contribution in [-0.4, -0.2) is 21.0 Å². The quantitative estimate of drug-likeness (QED) is 0.710. The van der Waals surface area contributed by atoms with Gasteiger partial charge in [0.2, 0.25) is 5.91 Å². The topological polar surface area (TPSA) is 89.1 Å². The number of benzene rings is 1. The third-order valence-corrected chi connectivity index (χ3v) is 4.85. The summed E-state index contributed by atoms with van der Waals surface area (Å²) in [5, 5.41) is 11.9. The summed E-state index contributed by atoms with van der Waals surface area (Å²) in [6.45, 7) is 4.00. The van der Waals surface area contributed by atoms with E-state index in [1.54, 1.807) is 18.6 Å². The number of hydrogen-bond acceptors (Lipinski definition) is 4. The molecule has 2 atom stereocenters. The van der Waals surface area contributed by atoms with Crippen LogP contribution in [0, 0.1) is 12.8 Å². The van der Waals surface area contributed by atoms with Crippen LogP contribution in [0.15, 0.2) is 48.9 Å². The van der Waals surface area contributed by atoms with E-state index in [4.69, 9.17) is 5.73 Å². The maximum Gasteiger partial charge on any atom is 0.221 e. The van der Waals surface area contributed by atoms with Gasteiger partial charge in [0.15, 0.2) is 0 Å². The normalized spacial score (nSPS) is 13.5. The van der Waals surface area contributed by atoms with E-state index in [0.29, 0.717) is 17.5 Å². The maximum atomic E-state index is 12.2. The van der Waals surface area contributed by atoms with Crippen molar-refractivity contribution < 1.29 is 9.90 Å². The largest absolute Gasteiger partial charge is 0.505 e. The van der Waals surface area contributed by atoms with Gasteiger partial charge < -0.3 is 10.8 Å². The minimum Gasteiger partial charge on any atom is -0.505 e. The lowest BCUT2D eigenvalue weighted by molar-refractivity contribution is -0.122. The Morgan fingerprint density at radius 2 is 2.04 bits per heavy atom. The van der Waals surface area contributed by atoms with Gasteiger partial charge in [0.1, 0.15) is 11.3 Å². The van der Waals surface area contributed by atoms with Crippen molar-refractivity contribution in [2.24, 2.45) is 11.7 Å². The summed E-state index contributed by atoms with van der Waals surface area (Å²) >= 11 is 0. The number of hydrogen-bond donors (Lipinski definition) is 2. The second-order valence-electron chi connectivity index (χ2n) is 6.59. The van der Waals surface area contributed by atoms with E-state index in [1.165, 1.54) is 0 Å². The van der Waals surface area contributed by atoms with Crippen LogP contribution in [0.25, 0.3) is 10.9 Å². The van der Waals surface area contributed by atoms with Gasteiger partial charge in [-0.05, 0) is 36.6 Å². The molecule has 3 rings (SSSR count). The lowest BCUT2D eigenvalue weighted by Crippen LogP contribution is -2.29. The Balaban J connectivity index is 2.27. The molecule has 2 heterocycles. The SMILES string of the molecule is CCCC(C(N)=O)C(c1cccnc1)c1cc(C)c2cccnc2c1O. The summed E-state index contributed by atoms with van der Waals surface area (Å²) in [4.78, 5) is 20.8. The molecule has 134 valence electrons. The molecule has 26 heavy (non-hydrogen) atoms. The summed E-state index contributed by atoms with van der Waals surface area (Å²) in [6.07, 6.45) is 6.52. The number of aromatic hydroxyl groups is 1. The minimum atomic E-state index is -0.435. The first kappa shape index (κ1) is 17.9. The van der Waals surface area contributed by atoms with Crippen molar-refractivity contribution in [1.29, 1.82) is 0 Å². The van der Waals surface area contributed by atoms with Crippen LogP contribution < -0.4 is 5.73 Å². The summed E-state index contributed by atoms with van der Waals surface area (Å²) in [6, 6.07) is 9.45. The van der Waals surface area contributed by atoms with Gasteiger partial charge in [-0.2, -0.15) is 0 Å². The number of fused-ring (bicyclic) bond motifs is 1. The van der Waals surface area contributed by atoms with Gasteiger partial charge >= 0.3 is 0 Å². The highest BCUT2D eigenvalue weighted by molar-refractivity contribution is 5.89. The van der Waals surface area contributed by atoms with E-state index < -0.39 is 5.92 Å². The van der Waals surface area contributed by atoms with Gasteiger partial charge in [-0.1, -0.05) is 31.5 Å². The van der Waals surface area contributed by atoms with Gasteiger partial charge in [0.05, 0.1) is 0 Å². The fourth-order valence-corrected chi connectivity index (χ4v) is 3.64. The molecule has 0 aliphatic rings. The molecule has 1 aromatic carbocycles. The van der Waals surface area contributed by atoms with Gasteiger partial charge in [-0.3, -0.25) is 14.8 Å². The van der Waals surface area contributed by atoms with E-state index in [-0.39, 0.29) is 17.6 Å². The first-order chi connectivity index (χ1) is 12.5. The predicted molar refractivity (Wildman–Crippen MR) is 102 cm³/mol. The Morgan fingerprint density at radius 1 is 1.27 bits per heavy atom. The zero-order valence-corrected chi connectivity index (χ0v) is 15.0. The number of primary amides is 1. The van der Waals surface area contributed by atoms with Crippen molar-refractivity contribution in [3.05, 3.63) is 65.6 Å². The Hall–Kier alpha value is -2.95. The van der Waals surface area contributed by atoms with Crippen molar-refractivity contribution in [1.82, 2.24) is 9.97 Å². The lowest BCUT2D eigenvalue weighted by Gasteiger charge is -2.27. The molecule has 5 nitrogen and oxygen atoms in total. The zero-order chi connectivity index (χ0) is 18.7. The van der Waals surface area contributed by atoms with E-state index in [0.717, 1.165) is 22.9 Å². The van der Waals surface area contributed by atoms with E-state index in [1.807, 2.05) is 44.2 Å². The molecule has 0 fully saturated rings. The molecule has 3 aromatic rings. The molecule has 3 N–H and O–H groups in total. The number of rotatable bonds is 6. The Labute approximate surface area is 152 Å². The average molecular weight is 349 g/mol. The van der Waals surface area contributed by atoms with Crippen LogP contribution in [0.4, 0.5) is 0 Å². The Kier molecular flexibility index (Phi) is 5.16. The van der Waals surface area contributed by atoms with Gasteiger partial charge in [-0.25, -0.2) is 0 Å². The molecule has 0 spiro atoms. The molecule has 2 aromatic heterocycles. The standard InChI is InChI=1S/C21H23N3O2/c1-3-6-16(21(22)26)18(14-7-4-9-23-12-14)17-11-13(2)15-8-5-10-24-19(15)20(17)25/h4-5,7-12,16,18,25H,3,6H2,1-2H3,(H2,22,26). The second kappa shape index (κ2) is 7.52. The monoisotopic (exact) mass is 349 g/mol. The number of carbonyl (C=O) groups excluding carboxylic acids is 1. The van der Waals surface area contributed by atoms with Crippen LogP contribution in [0.1, 0.15) is 42.4 Å². The highest BCUT2D eigenvalue weighted by Crippen LogP contribution is 2.42. The lowest BCUT2D eigenvalue weighted by atomic mass is 9.77. The average Bonchev–Trinajstić information content (AvgIpc) is 2.66. The number of phenols is 1. The highest BCUT2D eigenvalue weighted by atomic mass is 16.3. The number of aryl methyl sites for hydroxylation is 1. The minimum absolute atomic E-state index is 0.0995. The molecular formula is C21H23N3O2. The first-order valence-corrected chi connectivity index (χ1v) is 8.81. The van der Waals surface area contributed by atoms with Crippen LogP contribution >= 0.6 is 0 Å². The Bertz CT molecular complexity index is 925. The maximum absolute atomic E-state index is 12.2. The van der Waals surface area contributed by atoms with Crippen molar-refractivity contribution in [2.45, 2.75) is 32.6 Å². The fourth-order valence-electron chi connectivity index (χ4n) is 3.64. The summed E-state index contributed by atoms with van der Waals surface area (Å²) < 4.78 is 0. The summed E-state index contributed by atoms with van der Waals surface area (Å²) in [7, 11) is 0. The molecule has 2 unspecified atom stereocenters. The van der Waals surface area contributed by atoms with Crippen LogP contribution in [0.2, 0.25) is 0 Å². The third kappa shape index (κ3) is 3.25. The van der Waals surface area contributed by atoms with Gasteiger partial charge in [0.25, 0.3) is 0 Å². The molecule has 1 amide bonds. The van der Waals surface area contributed by atoms with E-state index in [2.05, 4.69) is 9.97 Å². The van der Waals surface area contributed by atoms with Crippen molar-refractivity contribution in [2.75, 3.05) is 0 Å². The number of pyridine rings is 2. The molecule has 0 bridgehead atoms. The van der Waals surface area contributed by atoms with Crippen LogP contribution in [-0.2, 0) is 4.79 Å². The van der Waals surface area contributed by atoms with Gasteiger partial charge in [0, 0.05) is 41.4 Å². The molecule has 5 heteroatoms. The fraction of sp³-hybridized carbons (Fsp3) is 0.286. The molecule has 0 radical (unpaired) electrons. The van der Waals surface area contributed by atoms with Gasteiger partial charge in [-0.15, -0.1) is 0 Å². The number of aromatic nitrogens is 2. The molecule has 0 aliphatic heterocycles. The molecular weight excluding hydrogens is 326 g/mol. The summed E-state index contributed by atoms with van der Waals surface area (Å²) in [5.41, 5.74) is 8.80. The summed E-state index contributed by atoms with van der Waals surface area (Å²) in [5.74, 6) is -1.08.